The molecular weight excluding hydrogens is 468 g/mol. The number of carbonyl (C=O) groups is 1. The highest BCUT2D eigenvalue weighted by molar-refractivity contribution is 6.99. The highest BCUT2D eigenvalue weighted by Gasteiger charge is 2.51. The van der Waals surface area contributed by atoms with Gasteiger partial charge in [0, 0.05) is 13.0 Å². The molecular formula is C30H40O5Si. The molecule has 0 N–H and O–H groups in total. The summed E-state index contributed by atoms with van der Waals surface area (Å²) in [5, 5.41) is 2.32. The Morgan fingerprint density at radius 3 is 2.22 bits per heavy atom. The van der Waals surface area contributed by atoms with Crippen LogP contribution in [0.5, 0.6) is 0 Å². The highest BCUT2D eigenvalue weighted by Crippen LogP contribution is 2.37. The van der Waals surface area contributed by atoms with E-state index in [1.807, 2.05) is 12.1 Å². The summed E-state index contributed by atoms with van der Waals surface area (Å²) in [5.41, 5.74) is 0.902. The monoisotopic (exact) mass is 508 g/mol. The van der Waals surface area contributed by atoms with E-state index in [-0.39, 0.29) is 29.3 Å². The average molecular weight is 509 g/mol. The van der Waals surface area contributed by atoms with Gasteiger partial charge in [-0.1, -0.05) is 93.6 Å². The zero-order chi connectivity index (χ0) is 25.6. The normalized spacial score (nSPS) is 22.9. The van der Waals surface area contributed by atoms with Crippen molar-refractivity contribution in [2.75, 3.05) is 19.8 Å². The molecule has 2 saturated heterocycles. The predicted molar refractivity (Wildman–Crippen MR) is 145 cm³/mol. The lowest BCUT2D eigenvalue weighted by Gasteiger charge is -2.43. The van der Waals surface area contributed by atoms with E-state index in [4.69, 9.17) is 18.6 Å². The number of hydrogen-bond donors (Lipinski definition) is 0. The largest absolute Gasteiger partial charge is 0.460 e. The smallest absolute Gasteiger partial charge is 0.309 e. The molecule has 0 bridgehead atoms. The maximum absolute atomic E-state index is 12.7. The maximum Gasteiger partial charge on any atom is 0.309 e. The average Bonchev–Trinajstić information content (AvgIpc) is 3.23. The SMILES string of the molecule is C=C(COC1CCCCO1)C[C@@H]1C[C@@H](CO[Si](c2ccccc2)(c2ccccc2)C(C)(C)C)OC1=O. The molecule has 2 aliphatic rings. The van der Waals surface area contributed by atoms with Crippen molar-refractivity contribution in [3.63, 3.8) is 0 Å². The van der Waals surface area contributed by atoms with Crippen molar-refractivity contribution in [2.24, 2.45) is 5.92 Å². The van der Waals surface area contributed by atoms with Gasteiger partial charge < -0.3 is 18.6 Å². The van der Waals surface area contributed by atoms with E-state index in [9.17, 15) is 4.79 Å². The summed E-state index contributed by atoms with van der Waals surface area (Å²) in [7, 11) is -2.67. The Morgan fingerprint density at radius 1 is 1.03 bits per heavy atom. The molecule has 0 saturated carbocycles. The van der Waals surface area contributed by atoms with Crippen LogP contribution in [0.3, 0.4) is 0 Å². The number of benzene rings is 2. The molecule has 1 unspecified atom stereocenters. The Morgan fingerprint density at radius 2 is 1.67 bits per heavy atom. The molecule has 2 aromatic rings. The molecule has 2 fully saturated rings. The van der Waals surface area contributed by atoms with E-state index in [1.165, 1.54) is 10.4 Å². The molecule has 0 spiro atoms. The first kappa shape index (κ1) is 26.8. The lowest BCUT2D eigenvalue weighted by atomic mass is 9.97. The number of rotatable bonds is 10. The fourth-order valence-electron chi connectivity index (χ4n) is 5.43. The third-order valence-corrected chi connectivity index (χ3v) is 12.2. The highest BCUT2D eigenvalue weighted by atomic mass is 28.4. The second kappa shape index (κ2) is 11.9. The van der Waals surface area contributed by atoms with Gasteiger partial charge in [0.25, 0.3) is 8.32 Å². The van der Waals surface area contributed by atoms with Gasteiger partial charge in [0.2, 0.25) is 0 Å². The predicted octanol–water partition coefficient (Wildman–Crippen LogP) is 4.98. The minimum absolute atomic E-state index is 0.121. The molecule has 0 aliphatic carbocycles. The molecule has 194 valence electrons. The van der Waals surface area contributed by atoms with Crippen LogP contribution in [0.2, 0.25) is 5.04 Å². The van der Waals surface area contributed by atoms with Crippen LogP contribution in [0.25, 0.3) is 0 Å². The van der Waals surface area contributed by atoms with Crippen LogP contribution in [0.1, 0.15) is 52.9 Å². The number of esters is 1. The van der Waals surface area contributed by atoms with E-state index < -0.39 is 8.32 Å². The van der Waals surface area contributed by atoms with E-state index in [0.717, 1.165) is 31.4 Å². The minimum atomic E-state index is -2.67. The molecule has 2 aliphatic heterocycles. The Kier molecular flexibility index (Phi) is 8.83. The zero-order valence-electron chi connectivity index (χ0n) is 21.9. The van der Waals surface area contributed by atoms with Gasteiger partial charge in [0.05, 0.1) is 19.1 Å². The van der Waals surface area contributed by atoms with Crippen LogP contribution >= 0.6 is 0 Å². The lowest BCUT2D eigenvalue weighted by Crippen LogP contribution is -2.67. The molecule has 0 amide bonds. The summed E-state index contributed by atoms with van der Waals surface area (Å²) in [6, 6.07) is 21.1. The van der Waals surface area contributed by atoms with Gasteiger partial charge in [-0.05, 0) is 41.1 Å². The first-order valence-corrected chi connectivity index (χ1v) is 15.1. The van der Waals surface area contributed by atoms with E-state index >= 15 is 0 Å². The van der Waals surface area contributed by atoms with Crippen molar-refractivity contribution in [3.8, 4) is 0 Å². The minimum Gasteiger partial charge on any atom is -0.460 e. The van der Waals surface area contributed by atoms with Crippen LogP contribution in [0.15, 0.2) is 72.8 Å². The molecule has 3 atom stereocenters. The van der Waals surface area contributed by atoms with Gasteiger partial charge in [-0.3, -0.25) is 4.79 Å². The van der Waals surface area contributed by atoms with Crippen LogP contribution in [-0.2, 0) is 23.4 Å². The Bertz CT molecular complexity index is 956. The molecule has 36 heavy (non-hydrogen) atoms. The van der Waals surface area contributed by atoms with Crippen molar-refractivity contribution in [3.05, 3.63) is 72.8 Å². The topological polar surface area (TPSA) is 54.0 Å². The summed E-state index contributed by atoms with van der Waals surface area (Å²) < 4.78 is 24.3. The molecule has 0 radical (unpaired) electrons. The van der Waals surface area contributed by atoms with Crippen molar-refractivity contribution >= 4 is 24.7 Å². The van der Waals surface area contributed by atoms with Gasteiger partial charge >= 0.3 is 5.97 Å². The molecule has 4 rings (SSSR count). The molecule has 5 nitrogen and oxygen atoms in total. The summed E-state index contributed by atoms with van der Waals surface area (Å²) in [5.74, 6) is -0.373. The van der Waals surface area contributed by atoms with Gasteiger partial charge in [-0.2, -0.15) is 0 Å². The molecule has 2 aromatic carbocycles. The van der Waals surface area contributed by atoms with Crippen molar-refractivity contribution in [1.29, 1.82) is 0 Å². The lowest BCUT2D eigenvalue weighted by molar-refractivity contribution is -0.157. The van der Waals surface area contributed by atoms with Crippen LogP contribution in [-0.4, -0.2) is 46.5 Å². The van der Waals surface area contributed by atoms with E-state index in [1.54, 1.807) is 0 Å². The summed E-state index contributed by atoms with van der Waals surface area (Å²) in [6.07, 6.45) is 3.92. The van der Waals surface area contributed by atoms with Crippen LogP contribution in [0.4, 0.5) is 0 Å². The van der Waals surface area contributed by atoms with Crippen LogP contribution in [0, 0.1) is 5.92 Å². The van der Waals surface area contributed by atoms with Crippen LogP contribution < -0.4 is 10.4 Å². The van der Waals surface area contributed by atoms with E-state index in [2.05, 4.69) is 75.9 Å². The fraction of sp³-hybridized carbons (Fsp3) is 0.500. The second-order valence-electron chi connectivity index (χ2n) is 11.0. The first-order chi connectivity index (χ1) is 17.3. The zero-order valence-corrected chi connectivity index (χ0v) is 22.9. The number of ether oxygens (including phenoxy) is 3. The maximum atomic E-state index is 12.7. The van der Waals surface area contributed by atoms with Gasteiger partial charge in [-0.25, -0.2) is 0 Å². The Balaban J connectivity index is 1.42. The quantitative estimate of drug-likeness (QED) is 0.257. The number of hydrogen-bond acceptors (Lipinski definition) is 5. The third kappa shape index (κ3) is 6.17. The first-order valence-electron chi connectivity index (χ1n) is 13.1. The fourth-order valence-corrected chi connectivity index (χ4v) is 10.0. The summed E-state index contributed by atoms with van der Waals surface area (Å²) in [4.78, 5) is 12.7. The standard InChI is InChI=1S/C30H40O5Si/c1-23(21-33-28-17-11-12-18-32-28)19-24-20-25(35-29(24)31)22-34-36(30(2,3)4,26-13-7-5-8-14-26)27-15-9-6-10-16-27/h5-10,13-16,24-25,28H,1,11-12,17-22H2,2-4H3/t24-,25+,28?/m1/s1. The number of cyclic esters (lactones) is 1. The summed E-state index contributed by atoms with van der Waals surface area (Å²) in [6.45, 7) is 12.5. The Labute approximate surface area is 216 Å². The van der Waals surface area contributed by atoms with Crippen molar-refractivity contribution in [2.45, 2.75) is 70.3 Å². The van der Waals surface area contributed by atoms with Crippen molar-refractivity contribution in [1.82, 2.24) is 0 Å². The van der Waals surface area contributed by atoms with Gasteiger partial charge in [0.15, 0.2) is 6.29 Å². The summed E-state index contributed by atoms with van der Waals surface area (Å²) >= 11 is 0. The molecule has 6 heteroatoms. The second-order valence-corrected chi connectivity index (χ2v) is 15.3. The van der Waals surface area contributed by atoms with Crippen molar-refractivity contribution < 1.29 is 23.4 Å². The third-order valence-electron chi connectivity index (χ3n) is 7.21. The van der Waals surface area contributed by atoms with Gasteiger partial charge in [0.1, 0.15) is 6.10 Å². The number of carbonyl (C=O) groups excluding carboxylic acids is 1. The molecule has 0 aromatic heterocycles. The Hall–Kier alpha value is -2.25. The molecule has 2 heterocycles. The van der Waals surface area contributed by atoms with Gasteiger partial charge in [-0.15, -0.1) is 0 Å². The van der Waals surface area contributed by atoms with E-state index in [0.29, 0.717) is 26.1 Å².